The van der Waals surface area contributed by atoms with Gasteiger partial charge in [0, 0.05) is 18.4 Å². The van der Waals surface area contributed by atoms with Crippen molar-refractivity contribution in [1.82, 2.24) is 30.3 Å². The van der Waals surface area contributed by atoms with Gasteiger partial charge >= 0.3 is 6.03 Å². The quantitative estimate of drug-likeness (QED) is 0.671. The Morgan fingerprint density at radius 1 is 1.21 bits per heavy atom. The highest BCUT2D eigenvalue weighted by Gasteiger charge is 2.33. The Morgan fingerprint density at radius 2 is 2.12 bits per heavy atom. The molecule has 0 bridgehead atoms. The summed E-state index contributed by atoms with van der Waals surface area (Å²) in [4.78, 5) is 18.8. The predicted molar refractivity (Wildman–Crippen MR) is 88.0 cm³/mol. The van der Waals surface area contributed by atoms with Crippen LogP contribution >= 0.6 is 0 Å². The Morgan fingerprint density at radius 3 is 2.83 bits per heavy atom. The lowest BCUT2D eigenvalue weighted by Gasteiger charge is -2.22. The lowest BCUT2D eigenvalue weighted by Crippen LogP contribution is -2.36. The molecule has 4 rings (SSSR count). The first-order valence-electron chi connectivity index (χ1n) is 7.82. The van der Waals surface area contributed by atoms with Crippen molar-refractivity contribution in [1.29, 1.82) is 0 Å². The molecule has 0 unspecified atom stereocenters. The lowest BCUT2D eigenvalue weighted by molar-refractivity contribution is 0.205. The van der Waals surface area contributed by atoms with Crippen molar-refractivity contribution >= 4 is 11.7 Å². The third-order valence-corrected chi connectivity index (χ3v) is 3.95. The minimum absolute atomic E-state index is 0.148. The number of aromatic nitrogens is 5. The Balaban J connectivity index is 1.52. The van der Waals surface area contributed by atoms with Crippen LogP contribution in [0.15, 0.2) is 42.9 Å². The van der Waals surface area contributed by atoms with Crippen molar-refractivity contribution in [3.8, 4) is 11.4 Å². The highest BCUT2D eigenvalue weighted by atomic mass is 16.2. The first kappa shape index (κ1) is 14.4. The number of carbonyl (C=O) groups is 1. The summed E-state index contributed by atoms with van der Waals surface area (Å²) in [6, 6.07) is 7.61. The van der Waals surface area contributed by atoms with Crippen LogP contribution in [0.5, 0.6) is 0 Å². The van der Waals surface area contributed by atoms with Gasteiger partial charge in [-0.05, 0) is 31.0 Å². The molecular weight excluding hydrogens is 306 g/mol. The summed E-state index contributed by atoms with van der Waals surface area (Å²) in [6.45, 7) is 0.507. The van der Waals surface area contributed by atoms with E-state index in [4.69, 9.17) is 0 Å². The molecule has 1 aliphatic rings. The minimum atomic E-state index is -0.148. The van der Waals surface area contributed by atoms with Gasteiger partial charge in [-0.3, -0.25) is 15.2 Å². The van der Waals surface area contributed by atoms with Gasteiger partial charge in [-0.15, -0.1) is 0 Å². The number of aromatic amines is 2. The van der Waals surface area contributed by atoms with Crippen LogP contribution < -0.4 is 5.32 Å². The minimum Gasteiger partial charge on any atom is -0.316 e. The average molecular weight is 323 g/mol. The van der Waals surface area contributed by atoms with Crippen molar-refractivity contribution in [2.24, 2.45) is 0 Å². The van der Waals surface area contributed by atoms with Crippen LogP contribution in [0.3, 0.4) is 0 Å². The summed E-state index contributed by atoms with van der Waals surface area (Å²) in [5.74, 6) is 0. The molecule has 3 N–H and O–H groups in total. The molecule has 3 aromatic heterocycles. The van der Waals surface area contributed by atoms with Gasteiger partial charge in [-0.1, -0.05) is 6.07 Å². The maximum Gasteiger partial charge on any atom is 0.322 e. The standard InChI is InChI=1S/C16H17N7O/c24-16(23(12-4-5-12)10-11-6-8-18-21-11)20-14-9-19-22-15(14)13-3-1-2-7-17-13/h1-3,6-9,12H,4-5,10H2,(H,18,21)(H,19,22)(H,20,24). The van der Waals surface area contributed by atoms with E-state index >= 15 is 0 Å². The van der Waals surface area contributed by atoms with Gasteiger partial charge in [0.15, 0.2) is 0 Å². The number of carbonyl (C=O) groups excluding carboxylic acids is 1. The maximum absolute atomic E-state index is 12.7. The molecule has 122 valence electrons. The van der Waals surface area contributed by atoms with E-state index < -0.39 is 0 Å². The van der Waals surface area contributed by atoms with E-state index in [9.17, 15) is 4.79 Å². The van der Waals surface area contributed by atoms with E-state index in [2.05, 4.69) is 30.7 Å². The molecule has 1 saturated carbocycles. The summed E-state index contributed by atoms with van der Waals surface area (Å²) in [5.41, 5.74) is 2.96. The number of nitrogens with one attached hydrogen (secondary N) is 3. The number of amides is 2. The Labute approximate surface area is 138 Å². The highest BCUT2D eigenvalue weighted by Crippen LogP contribution is 2.30. The lowest BCUT2D eigenvalue weighted by atomic mass is 10.2. The Bertz CT molecular complexity index is 808. The zero-order valence-corrected chi connectivity index (χ0v) is 12.9. The van der Waals surface area contributed by atoms with Gasteiger partial charge in [0.2, 0.25) is 0 Å². The van der Waals surface area contributed by atoms with E-state index in [1.807, 2.05) is 29.2 Å². The summed E-state index contributed by atoms with van der Waals surface area (Å²) in [7, 11) is 0. The molecule has 0 saturated heterocycles. The summed E-state index contributed by atoms with van der Waals surface area (Å²) < 4.78 is 0. The predicted octanol–water partition coefficient (Wildman–Crippen LogP) is 2.39. The Kier molecular flexibility index (Phi) is 3.70. The second-order valence-corrected chi connectivity index (χ2v) is 5.74. The number of H-pyrrole nitrogens is 2. The fourth-order valence-corrected chi connectivity index (χ4v) is 2.58. The summed E-state index contributed by atoms with van der Waals surface area (Å²) >= 11 is 0. The first-order chi connectivity index (χ1) is 11.8. The molecule has 8 heteroatoms. The van der Waals surface area contributed by atoms with Crippen molar-refractivity contribution in [3.63, 3.8) is 0 Å². The van der Waals surface area contributed by atoms with Crippen molar-refractivity contribution in [2.75, 3.05) is 5.32 Å². The molecule has 3 heterocycles. The zero-order valence-electron chi connectivity index (χ0n) is 12.9. The van der Waals surface area contributed by atoms with Gasteiger partial charge in [0.05, 0.1) is 29.8 Å². The number of urea groups is 1. The normalized spacial score (nSPS) is 13.7. The third-order valence-electron chi connectivity index (χ3n) is 3.95. The van der Waals surface area contributed by atoms with Crippen LogP contribution in [0.4, 0.5) is 10.5 Å². The molecule has 0 atom stereocenters. The molecule has 1 aliphatic carbocycles. The van der Waals surface area contributed by atoms with Gasteiger partial charge in [0.25, 0.3) is 0 Å². The molecule has 1 fully saturated rings. The maximum atomic E-state index is 12.7. The van der Waals surface area contributed by atoms with Crippen LogP contribution in [-0.4, -0.2) is 42.4 Å². The number of anilines is 1. The van der Waals surface area contributed by atoms with Crippen LogP contribution in [0.2, 0.25) is 0 Å². The van der Waals surface area contributed by atoms with Crippen LogP contribution in [0, 0.1) is 0 Å². The topological polar surface area (TPSA) is 103 Å². The summed E-state index contributed by atoms with van der Waals surface area (Å²) in [6.07, 6.45) is 7.05. The first-order valence-corrected chi connectivity index (χ1v) is 7.82. The fraction of sp³-hybridized carbons (Fsp3) is 0.250. The van der Waals surface area contributed by atoms with E-state index in [1.165, 1.54) is 0 Å². The zero-order chi connectivity index (χ0) is 16.4. The van der Waals surface area contributed by atoms with Gasteiger partial charge < -0.3 is 10.2 Å². The second kappa shape index (κ2) is 6.15. The number of nitrogens with zero attached hydrogens (tertiary/aromatic N) is 4. The second-order valence-electron chi connectivity index (χ2n) is 5.74. The van der Waals surface area contributed by atoms with Crippen LogP contribution in [0.1, 0.15) is 18.5 Å². The highest BCUT2D eigenvalue weighted by molar-refractivity contribution is 5.93. The fourth-order valence-electron chi connectivity index (χ4n) is 2.58. The van der Waals surface area contributed by atoms with Crippen LogP contribution in [0.25, 0.3) is 11.4 Å². The van der Waals surface area contributed by atoms with Gasteiger partial charge in [-0.25, -0.2) is 4.79 Å². The monoisotopic (exact) mass is 323 g/mol. The molecule has 24 heavy (non-hydrogen) atoms. The summed E-state index contributed by atoms with van der Waals surface area (Å²) in [5, 5.41) is 16.7. The third kappa shape index (κ3) is 2.98. The van der Waals surface area contributed by atoms with Crippen molar-refractivity contribution in [3.05, 3.63) is 48.5 Å². The molecule has 0 aromatic carbocycles. The average Bonchev–Trinajstić information content (AvgIpc) is 3.12. The van der Waals surface area contributed by atoms with Gasteiger partial charge in [0.1, 0.15) is 5.69 Å². The number of hydrogen-bond donors (Lipinski definition) is 3. The molecule has 0 aliphatic heterocycles. The SMILES string of the molecule is O=C(Nc1cn[nH]c1-c1ccccn1)N(Cc1ccn[nH]1)C1CC1. The molecule has 0 radical (unpaired) electrons. The Hall–Kier alpha value is -3.16. The molecule has 0 spiro atoms. The van der Waals surface area contributed by atoms with Crippen molar-refractivity contribution in [2.45, 2.75) is 25.4 Å². The van der Waals surface area contributed by atoms with E-state index in [0.717, 1.165) is 24.2 Å². The number of hydrogen-bond acceptors (Lipinski definition) is 4. The smallest absolute Gasteiger partial charge is 0.316 e. The largest absolute Gasteiger partial charge is 0.322 e. The van der Waals surface area contributed by atoms with Crippen molar-refractivity contribution < 1.29 is 4.79 Å². The molecule has 8 nitrogen and oxygen atoms in total. The molecule has 2 amide bonds. The molecule has 3 aromatic rings. The van der Waals surface area contributed by atoms with E-state index in [0.29, 0.717) is 17.9 Å². The number of rotatable bonds is 5. The van der Waals surface area contributed by atoms with Gasteiger partial charge in [-0.2, -0.15) is 10.2 Å². The van der Waals surface area contributed by atoms with E-state index in [1.54, 1.807) is 18.6 Å². The van der Waals surface area contributed by atoms with E-state index in [-0.39, 0.29) is 12.1 Å². The molecular formula is C16H17N7O. The van der Waals surface area contributed by atoms with Crippen LogP contribution in [-0.2, 0) is 6.54 Å². The number of pyridine rings is 1.